The lowest BCUT2D eigenvalue weighted by molar-refractivity contribution is -0.115. The van der Waals surface area contributed by atoms with E-state index in [9.17, 15) is 18.0 Å². The number of hydrogen-bond donors (Lipinski definition) is 2. The van der Waals surface area contributed by atoms with E-state index in [0.717, 1.165) is 9.87 Å². The van der Waals surface area contributed by atoms with Gasteiger partial charge >= 0.3 is 0 Å². The minimum absolute atomic E-state index is 0.0937. The number of amides is 2. The zero-order chi connectivity index (χ0) is 19.3. The first-order valence-corrected chi connectivity index (χ1v) is 9.31. The van der Waals surface area contributed by atoms with Crippen LogP contribution in [-0.2, 0) is 14.8 Å². The lowest BCUT2D eigenvalue weighted by atomic mass is 10.2. The van der Waals surface area contributed by atoms with Crippen LogP contribution in [0.15, 0.2) is 53.4 Å². The van der Waals surface area contributed by atoms with Crippen LogP contribution in [-0.4, -0.2) is 45.2 Å². The normalized spacial score (nSPS) is 11.2. The highest BCUT2D eigenvalue weighted by atomic mass is 32.2. The van der Waals surface area contributed by atoms with Crippen molar-refractivity contribution in [3.63, 3.8) is 0 Å². The molecule has 138 valence electrons. The molecule has 2 amide bonds. The molecule has 2 N–H and O–H groups in total. The molecule has 2 rings (SSSR count). The number of benzene rings is 2. The zero-order valence-corrected chi connectivity index (χ0v) is 15.6. The monoisotopic (exact) mass is 375 g/mol. The Morgan fingerprint density at radius 1 is 0.962 bits per heavy atom. The minimum Gasteiger partial charge on any atom is -0.343 e. The van der Waals surface area contributed by atoms with Crippen LogP contribution in [0, 0.1) is 6.92 Å². The molecule has 7 nitrogen and oxygen atoms in total. The topological polar surface area (TPSA) is 95.6 Å². The second-order valence-corrected chi connectivity index (χ2v) is 8.06. The third kappa shape index (κ3) is 4.90. The summed E-state index contributed by atoms with van der Waals surface area (Å²) in [4.78, 5) is 24.1. The number of hydrogen-bond acceptors (Lipinski definition) is 4. The van der Waals surface area contributed by atoms with Crippen molar-refractivity contribution in [3.05, 3.63) is 59.7 Å². The van der Waals surface area contributed by atoms with E-state index in [2.05, 4.69) is 10.6 Å². The maximum Gasteiger partial charge on any atom is 0.251 e. The van der Waals surface area contributed by atoms with E-state index in [0.29, 0.717) is 5.69 Å². The van der Waals surface area contributed by atoms with Crippen molar-refractivity contribution in [2.75, 3.05) is 26.0 Å². The fourth-order valence-electron chi connectivity index (χ4n) is 2.09. The van der Waals surface area contributed by atoms with Crippen LogP contribution in [0.1, 0.15) is 15.9 Å². The van der Waals surface area contributed by atoms with Crippen molar-refractivity contribution >= 4 is 27.5 Å². The molecule has 0 saturated carbocycles. The molecule has 0 fully saturated rings. The van der Waals surface area contributed by atoms with Crippen molar-refractivity contribution < 1.29 is 18.0 Å². The predicted molar refractivity (Wildman–Crippen MR) is 99.5 cm³/mol. The van der Waals surface area contributed by atoms with Crippen molar-refractivity contribution in [1.29, 1.82) is 0 Å². The van der Waals surface area contributed by atoms with Gasteiger partial charge in [-0.25, -0.2) is 12.7 Å². The fraction of sp³-hybridized carbons (Fsp3) is 0.222. The van der Waals surface area contributed by atoms with Gasteiger partial charge in [0.25, 0.3) is 5.91 Å². The molecule has 0 heterocycles. The van der Waals surface area contributed by atoms with Gasteiger partial charge in [-0.15, -0.1) is 0 Å². The third-order valence-electron chi connectivity index (χ3n) is 3.64. The lowest BCUT2D eigenvalue weighted by Crippen LogP contribution is -2.32. The Morgan fingerprint density at radius 3 is 2.08 bits per heavy atom. The van der Waals surface area contributed by atoms with Crippen molar-refractivity contribution in [1.82, 2.24) is 9.62 Å². The first kappa shape index (κ1) is 19.6. The number of nitrogens with one attached hydrogen (secondary N) is 2. The first-order valence-electron chi connectivity index (χ1n) is 7.87. The summed E-state index contributed by atoms with van der Waals surface area (Å²) >= 11 is 0. The molecular formula is C18H21N3O4S. The number of sulfonamides is 1. The molecule has 0 aliphatic rings. The number of aryl methyl sites for hydroxylation is 1. The van der Waals surface area contributed by atoms with Crippen LogP contribution in [0.3, 0.4) is 0 Å². The Balaban J connectivity index is 1.93. The van der Waals surface area contributed by atoms with Crippen LogP contribution in [0.25, 0.3) is 0 Å². The van der Waals surface area contributed by atoms with Gasteiger partial charge in [-0.05, 0) is 43.3 Å². The van der Waals surface area contributed by atoms with E-state index in [-0.39, 0.29) is 22.9 Å². The molecule has 0 atom stereocenters. The molecule has 0 aliphatic heterocycles. The van der Waals surface area contributed by atoms with Gasteiger partial charge in [0.1, 0.15) is 0 Å². The Kier molecular flexibility index (Phi) is 6.12. The summed E-state index contributed by atoms with van der Waals surface area (Å²) in [7, 11) is -0.679. The second kappa shape index (κ2) is 8.11. The molecule has 0 bridgehead atoms. The number of rotatable bonds is 6. The Bertz CT molecular complexity index is 889. The van der Waals surface area contributed by atoms with Crippen LogP contribution in [0.4, 0.5) is 5.69 Å². The number of nitrogens with zero attached hydrogens (tertiary/aromatic N) is 1. The largest absolute Gasteiger partial charge is 0.343 e. The summed E-state index contributed by atoms with van der Waals surface area (Å²) in [6, 6.07) is 12.8. The maximum atomic E-state index is 12.1. The van der Waals surface area contributed by atoms with Crippen LogP contribution >= 0.6 is 0 Å². The Labute approximate surface area is 153 Å². The molecule has 0 aromatic heterocycles. The summed E-state index contributed by atoms with van der Waals surface area (Å²) in [5.74, 6) is -0.813. The molecule has 2 aromatic carbocycles. The van der Waals surface area contributed by atoms with Crippen molar-refractivity contribution in [2.24, 2.45) is 0 Å². The van der Waals surface area contributed by atoms with E-state index in [4.69, 9.17) is 0 Å². The second-order valence-electron chi connectivity index (χ2n) is 5.91. The van der Waals surface area contributed by atoms with E-state index in [1.807, 2.05) is 19.1 Å². The molecule has 26 heavy (non-hydrogen) atoms. The maximum absolute atomic E-state index is 12.1. The van der Waals surface area contributed by atoms with Gasteiger partial charge in [-0.2, -0.15) is 0 Å². The van der Waals surface area contributed by atoms with E-state index < -0.39 is 15.9 Å². The third-order valence-corrected chi connectivity index (χ3v) is 5.47. The molecule has 0 unspecified atom stereocenters. The van der Waals surface area contributed by atoms with Crippen LogP contribution in [0.2, 0.25) is 0 Å². The lowest BCUT2D eigenvalue weighted by Gasteiger charge is -2.11. The summed E-state index contributed by atoms with van der Waals surface area (Å²) in [5, 5.41) is 5.18. The van der Waals surface area contributed by atoms with E-state index in [1.54, 1.807) is 12.1 Å². The molecular weight excluding hydrogens is 354 g/mol. The molecule has 0 spiro atoms. The average Bonchev–Trinajstić information content (AvgIpc) is 2.61. The smallest absolute Gasteiger partial charge is 0.251 e. The van der Waals surface area contributed by atoms with Gasteiger partial charge in [0.05, 0.1) is 11.4 Å². The fourth-order valence-corrected chi connectivity index (χ4v) is 3.00. The summed E-state index contributed by atoms with van der Waals surface area (Å²) in [5.41, 5.74) is 2.00. The average molecular weight is 375 g/mol. The molecule has 8 heteroatoms. The van der Waals surface area contributed by atoms with Gasteiger partial charge in [0.2, 0.25) is 15.9 Å². The standard InChI is InChI=1S/C18H21N3O4S/c1-13-4-8-15(9-5-13)20-17(22)12-19-18(23)14-6-10-16(11-7-14)26(24,25)21(2)3/h4-11H,12H2,1-3H3,(H,19,23)(H,20,22). The SMILES string of the molecule is Cc1ccc(NC(=O)CNC(=O)c2ccc(S(=O)(=O)N(C)C)cc2)cc1. The van der Waals surface area contributed by atoms with Crippen LogP contribution in [0.5, 0.6) is 0 Å². The van der Waals surface area contributed by atoms with Gasteiger partial charge < -0.3 is 10.6 Å². The van der Waals surface area contributed by atoms with Gasteiger partial charge in [-0.3, -0.25) is 9.59 Å². The zero-order valence-electron chi connectivity index (χ0n) is 14.8. The number of anilines is 1. The van der Waals surface area contributed by atoms with Crippen LogP contribution < -0.4 is 10.6 Å². The molecule has 0 saturated heterocycles. The summed E-state index contributed by atoms with van der Waals surface area (Å²) in [6.07, 6.45) is 0. The molecule has 2 aromatic rings. The summed E-state index contributed by atoms with van der Waals surface area (Å²) < 4.78 is 25.1. The molecule has 0 aliphatic carbocycles. The minimum atomic E-state index is -3.55. The predicted octanol–water partition coefficient (Wildman–Crippen LogP) is 1.61. The van der Waals surface area contributed by atoms with Crippen molar-refractivity contribution in [2.45, 2.75) is 11.8 Å². The summed E-state index contributed by atoms with van der Waals surface area (Å²) in [6.45, 7) is 1.76. The quantitative estimate of drug-likeness (QED) is 0.802. The molecule has 0 radical (unpaired) electrons. The van der Waals surface area contributed by atoms with Crippen molar-refractivity contribution in [3.8, 4) is 0 Å². The highest BCUT2D eigenvalue weighted by Crippen LogP contribution is 2.14. The number of carbonyl (C=O) groups excluding carboxylic acids is 2. The Hall–Kier alpha value is -2.71. The number of carbonyl (C=O) groups is 2. The van der Waals surface area contributed by atoms with Gasteiger partial charge in [-0.1, -0.05) is 17.7 Å². The first-order chi connectivity index (χ1) is 12.2. The van der Waals surface area contributed by atoms with Gasteiger partial charge in [0.15, 0.2) is 0 Å². The highest BCUT2D eigenvalue weighted by molar-refractivity contribution is 7.89. The highest BCUT2D eigenvalue weighted by Gasteiger charge is 2.17. The van der Waals surface area contributed by atoms with E-state index >= 15 is 0 Å². The Morgan fingerprint density at radius 2 is 1.54 bits per heavy atom. The van der Waals surface area contributed by atoms with Gasteiger partial charge in [0, 0.05) is 25.3 Å². The van der Waals surface area contributed by atoms with E-state index in [1.165, 1.54) is 38.4 Å².